The molecule has 1 rings (SSSR count). The summed E-state index contributed by atoms with van der Waals surface area (Å²) in [6.07, 6.45) is 5.42. The summed E-state index contributed by atoms with van der Waals surface area (Å²) in [7, 11) is 0. The van der Waals surface area contributed by atoms with Crippen molar-refractivity contribution in [1.82, 2.24) is 4.90 Å². The van der Waals surface area contributed by atoms with Crippen LogP contribution in [0.1, 0.15) is 39.5 Å². The molecule has 0 spiro atoms. The van der Waals surface area contributed by atoms with Crippen LogP contribution in [-0.4, -0.2) is 29.9 Å². The molecule has 1 aliphatic heterocycles. The van der Waals surface area contributed by atoms with E-state index >= 15 is 0 Å². The van der Waals surface area contributed by atoms with Crippen LogP contribution in [0.15, 0.2) is 0 Å². The SMILES string of the molecule is CC1(C)CCN(CCCCBr)CC1. The number of nitrogens with zero attached hydrogens (tertiary/aromatic N) is 1. The highest BCUT2D eigenvalue weighted by molar-refractivity contribution is 9.09. The Kier molecular flexibility index (Phi) is 4.74. The molecule has 0 radical (unpaired) electrons. The highest BCUT2D eigenvalue weighted by Gasteiger charge is 2.24. The van der Waals surface area contributed by atoms with Gasteiger partial charge in [-0.1, -0.05) is 29.8 Å². The van der Waals surface area contributed by atoms with E-state index in [0.717, 1.165) is 5.33 Å². The van der Waals surface area contributed by atoms with Gasteiger partial charge in [-0.05, 0) is 50.7 Å². The number of hydrogen-bond donors (Lipinski definition) is 0. The van der Waals surface area contributed by atoms with Crippen molar-refractivity contribution in [1.29, 1.82) is 0 Å². The van der Waals surface area contributed by atoms with E-state index in [-0.39, 0.29) is 0 Å². The zero-order chi connectivity index (χ0) is 9.73. The molecule has 1 heterocycles. The van der Waals surface area contributed by atoms with Gasteiger partial charge in [-0.2, -0.15) is 0 Å². The van der Waals surface area contributed by atoms with Crippen molar-refractivity contribution >= 4 is 15.9 Å². The van der Waals surface area contributed by atoms with Crippen LogP contribution >= 0.6 is 15.9 Å². The van der Waals surface area contributed by atoms with Crippen LogP contribution in [0.25, 0.3) is 0 Å². The molecular weight excluding hydrogens is 226 g/mol. The minimum absolute atomic E-state index is 0.603. The first kappa shape index (κ1) is 11.5. The van der Waals surface area contributed by atoms with Gasteiger partial charge in [0.1, 0.15) is 0 Å². The zero-order valence-corrected chi connectivity index (χ0v) is 10.6. The Hall–Kier alpha value is 0.440. The van der Waals surface area contributed by atoms with Crippen LogP contribution in [-0.2, 0) is 0 Å². The van der Waals surface area contributed by atoms with Crippen molar-refractivity contribution in [3.63, 3.8) is 0 Å². The van der Waals surface area contributed by atoms with E-state index < -0.39 is 0 Å². The molecule has 1 saturated heterocycles. The third-order valence-electron chi connectivity index (χ3n) is 3.07. The lowest BCUT2D eigenvalue weighted by atomic mass is 9.83. The van der Waals surface area contributed by atoms with Gasteiger partial charge in [0.05, 0.1) is 0 Å². The maximum absolute atomic E-state index is 3.47. The summed E-state index contributed by atoms with van der Waals surface area (Å²) in [5, 5.41) is 1.16. The van der Waals surface area contributed by atoms with Crippen molar-refractivity contribution in [2.45, 2.75) is 39.5 Å². The van der Waals surface area contributed by atoms with E-state index in [1.807, 2.05) is 0 Å². The van der Waals surface area contributed by atoms with Crippen molar-refractivity contribution < 1.29 is 0 Å². The number of piperidine rings is 1. The third-order valence-corrected chi connectivity index (χ3v) is 3.63. The maximum Gasteiger partial charge on any atom is 0.00317 e. The monoisotopic (exact) mass is 247 g/mol. The molecule has 1 fully saturated rings. The van der Waals surface area contributed by atoms with E-state index in [9.17, 15) is 0 Å². The summed E-state index contributed by atoms with van der Waals surface area (Å²) in [6.45, 7) is 8.72. The second kappa shape index (κ2) is 5.35. The summed E-state index contributed by atoms with van der Waals surface area (Å²) < 4.78 is 0. The van der Waals surface area contributed by atoms with Gasteiger partial charge in [-0.3, -0.25) is 0 Å². The Morgan fingerprint density at radius 1 is 1.15 bits per heavy atom. The molecule has 0 unspecified atom stereocenters. The van der Waals surface area contributed by atoms with Gasteiger partial charge in [-0.15, -0.1) is 0 Å². The fourth-order valence-corrected chi connectivity index (χ4v) is 2.21. The molecule has 0 aromatic rings. The molecule has 13 heavy (non-hydrogen) atoms. The Bertz CT molecular complexity index is 135. The number of rotatable bonds is 4. The first-order valence-electron chi connectivity index (χ1n) is 5.42. The van der Waals surface area contributed by atoms with Gasteiger partial charge in [0, 0.05) is 5.33 Å². The maximum atomic E-state index is 3.47. The fraction of sp³-hybridized carbons (Fsp3) is 1.00. The largest absolute Gasteiger partial charge is 0.303 e. The van der Waals surface area contributed by atoms with Gasteiger partial charge in [0.15, 0.2) is 0 Å². The smallest absolute Gasteiger partial charge is 0.00317 e. The van der Waals surface area contributed by atoms with Gasteiger partial charge >= 0.3 is 0 Å². The lowest BCUT2D eigenvalue weighted by molar-refractivity contribution is 0.131. The summed E-state index contributed by atoms with van der Waals surface area (Å²) >= 11 is 3.47. The molecular formula is C11H22BrN. The topological polar surface area (TPSA) is 3.24 Å². The molecule has 78 valence electrons. The molecule has 1 nitrogen and oxygen atoms in total. The summed E-state index contributed by atoms with van der Waals surface area (Å²) in [5.74, 6) is 0. The summed E-state index contributed by atoms with van der Waals surface area (Å²) in [4.78, 5) is 2.62. The lowest BCUT2D eigenvalue weighted by Gasteiger charge is -2.36. The van der Waals surface area contributed by atoms with Crippen LogP contribution in [0.4, 0.5) is 0 Å². The Balaban J connectivity index is 2.11. The molecule has 2 heteroatoms. The van der Waals surface area contributed by atoms with Crippen molar-refractivity contribution in [3.8, 4) is 0 Å². The summed E-state index contributed by atoms with van der Waals surface area (Å²) in [5.41, 5.74) is 0.603. The van der Waals surface area contributed by atoms with Crippen LogP contribution in [0.2, 0.25) is 0 Å². The van der Waals surface area contributed by atoms with Crippen LogP contribution in [0.3, 0.4) is 0 Å². The van der Waals surface area contributed by atoms with Crippen molar-refractivity contribution in [3.05, 3.63) is 0 Å². The quantitative estimate of drug-likeness (QED) is 0.545. The standard InChI is InChI=1S/C11H22BrN/c1-11(2)5-9-13(10-6-11)8-4-3-7-12/h3-10H2,1-2H3. The Morgan fingerprint density at radius 3 is 2.31 bits per heavy atom. The van der Waals surface area contributed by atoms with Gasteiger partial charge in [0.2, 0.25) is 0 Å². The minimum atomic E-state index is 0.603. The molecule has 0 N–H and O–H groups in total. The minimum Gasteiger partial charge on any atom is -0.303 e. The normalized spacial score (nSPS) is 23.3. The van der Waals surface area contributed by atoms with E-state index in [1.54, 1.807) is 0 Å². The number of halogens is 1. The number of hydrogen-bond acceptors (Lipinski definition) is 1. The van der Waals surface area contributed by atoms with Gasteiger partial charge < -0.3 is 4.90 Å². The molecule has 0 saturated carbocycles. The highest BCUT2D eigenvalue weighted by Crippen LogP contribution is 2.29. The predicted octanol–water partition coefficient (Wildman–Crippen LogP) is 3.28. The third kappa shape index (κ3) is 4.46. The first-order valence-corrected chi connectivity index (χ1v) is 6.54. The zero-order valence-electron chi connectivity index (χ0n) is 8.98. The first-order chi connectivity index (χ1) is 6.14. The van der Waals surface area contributed by atoms with Crippen LogP contribution in [0, 0.1) is 5.41 Å². The molecule has 0 bridgehead atoms. The molecule has 0 atom stereocenters. The van der Waals surface area contributed by atoms with Crippen molar-refractivity contribution in [2.75, 3.05) is 25.0 Å². The number of unbranched alkanes of at least 4 members (excludes halogenated alkanes) is 1. The molecule has 0 aromatic carbocycles. The van der Waals surface area contributed by atoms with E-state index in [0.29, 0.717) is 5.41 Å². The Labute approximate surface area is 91.0 Å². The fourth-order valence-electron chi connectivity index (χ4n) is 1.81. The molecule has 0 aromatic heterocycles. The average Bonchev–Trinajstić information content (AvgIpc) is 2.08. The molecule has 0 aliphatic carbocycles. The average molecular weight is 248 g/mol. The van der Waals surface area contributed by atoms with Crippen LogP contribution < -0.4 is 0 Å². The predicted molar refractivity (Wildman–Crippen MR) is 62.5 cm³/mol. The van der Waals surface area contributed by atoms with Crippen LogP contribution in [0.5, 0.6) is 0 Å². The van der Waals surface area contributed by atoms with E-state index in [1.165, 1.54) is 45.3 Å². The van der Waals surface area contributed by atoms with E-state index in [2.05, 4.69) is 34.7 Å². The van der Waals surface area contributed by atoms with Crippen molar-refractivity contribution in [2.24, 2.45) is 5.41 Å². The number of alkyl halides is 1. The molecule has 1 aliphatic rings. The van der Waals surface area contributed by atoms with E-state index in [4.69, 9.17) is 0 Å². The second-order valence-corrected chi connectivity index (χ2v) is 5.69. The molecule has 0 amide bonds. The Morgan fingerprint density at radius 2 is 1.77 bits per heavy atom. The number of likely N-dealkylation sites (tertiary alicyclic amines) is 1. The highest BCUT2D eigenvalue weighted by atomic mass is 79.9. The lowest BCUT2D eigenvalue weighted by Crippen LogP contribution is -2.37. The summed E-state index contributed by atoms with van der Waals surface area (Å²) in [6, 6.07) is 0. The second-order valence-electron chi connectivity index (χ2n) is 4.90. The van der Waals surface area contributed by atoms with Gasteiger partial charge in [-0.25, -0.2) is 0 Å². The van der Waals surface area contributed by atoms with Gasteiger partial charge in [0.25, 0.3) is 0 Å².